The van der Waals surface area contributed by atoms with Gasteiger partial charge in [-0.1, -0.05) is 154 Å². The molecule has 0 amide bonds. The van der Waals surface area contributed by atoms with Crippen LogP contribution >= 0.6 is 0 Å². The first-order chi connectivity index (χ1) is 34.9. The van der Waals surface area contributed by atoms with Crippen LogP contribution in [-0.2, 0) is 6.42 Å². The van der Waals surface area contributed by atoms with Gasteiger partial charge in [0.05, 0.1) is 17.8 Å². The molecule has 12 rings (SSSR count). The van der Waals surface area contributed by atoms with Crippen molar-refractivity contribution < 1.29 is 19.0 Å². The predicted octanol–water partition coefficient (Wildman–Crippen LogP) is 14.5. The molecule has 0 bridgehead atoms. The highest BCUT2D eigenvalue weighted by atomic mass is 19.1. The van der Waals surface area contributed by atoms with Crippen molar-refractivity contribution in [3.05, 3.63) is 177 Å². The number of hydrogen-bond acceptors (Lipinski definition) is 5. The Balaban J connectivity index is 0.662. The lowest BCUT2D eigenvalue weighted by molar-refractivity contribution is 0.0693. The van der Waals surface area contributed by atoms with Crippen LogP contribution in [0.1, 0.15) is 115 Å². The number of ether oxygens (including phenoxy) is 1. The van der Waals surface area contributed by atoms with Crippen molar-refractivity contribution in [3.63, 3.8) is 0 Å². The number of nitrogens with one attached hydrogen (secondary N) is 1. The zero-order valence-corrected chi connectivity index (χ0v) is 40.3. The molecule has 1 saturated heterocycles. The Bertz CT molecular complexity index is 3450. The van der Waals surface area contributed by atoms with Gasteiger partial charge in [0.15, 0.2) is 0 Å². The number of fused-ring (bicyclic) bond motifs is 14. The second kappa shape index (κ2) is 19.3. The normalized spacial score (nSPS) is 14.8. The molecule has 1 aromatic heterocycles. The van der Waals surface area contributed by atoms with Crippen LogP contribution in [-0.4, -0.2) is 48.4 Å². The molecule has 0 radical (unpaired) electrons. The Morgan fingerprint density at radius 3 is 1.68 bits per heavy atom. The minimum Gasteiger partial charge on any atom is -0.494 e. The standard InChI is InChI=1S/C63H60FN3O4/c64-53-38-52-54(39-55(53)66-34-32-65-33-35-66)67(41-28-29-41)56(61(62(52)68)63(69)70)37-40-26-30-42(31-27-40)71-36-16-6-4-2-1-3-5-7-25-51-57-47-21-12-8-17-43(47)45-19-10-14-23-49(45)59(57)60-50-24-15-11-20-46(50)44-18-9-13-22-48(44)58(51)60/h8-15,17-24,26-27,30-31,38-39,41,51,65H,1-7,16,25,28-29,32-37H2,(H,69,70). The molecule has 1 aliphatic heterocycles. The second-order valence-corrected chi connectivity index (χ2v) is 20.2. The van der Waals surface area contributed by atoms with Crippen LogP contribution in [0.25, 0.3) is 65.1 Å². The van der Waals surface area contributed by atoms with Gasteiger partial charge in [0, 0.05) is 55.6 Å². The van der Waals surface area contributed by atoms with Crippen molar-refractivity contribution in [1.29, 1.82) is 0 Å². The van der Waals surface area contributed by atoms with Gasteiger partial charge >= 0.3 is 5.97 Å². The molecule has 2 fully saturated rings. The van der Waals surface area contributed by atoms with Gasteiger partial charge in [0.25, 0.3) is 0 Å². The van der Waals surface area contributed by atoms with Gasteiger partial charge in [-0.25, -0.2) is 9.18 Å². The van der Waals surface area contributed by atoms with Crippen LogP contribution in [0.4, 0.5) is 10.1 Å². The van der Waals surface area contributed by atoms with Gasteiger partial charge in [-0.05, 0) is 121 Å². The van der Waals surface area contributed by atoms with E-state index in [0.29, 0.717) is 42.5 Å². The number of carboxylic acid groups (broad SMARTS) is 1. The summed E-state index contributed by atoms with van der Waals surface area (Å²) in [6, 6.07) is 47.1. The van der Waals surface area contributed by atoms with Crippen LogP contribution in [0.2, 0.25) is 0 Å². The number of aromatic nitrogens is 1. The smallest absolute Gasteiger partial charge is 0.341 e. The number of carbonyl (C=O) groups is 1. The maximum Gasteiger partial charge on any atom is 0.341 e. The summed E-state index contributed by atoms with van der Waals surface area (Å²) in [7, 11) is 0. The number of piperazine rings is 1. The van der Waals surface area contributed by atoms with Gasteiger partial charge in [0.2, 0.25) is 5.43 Å². The summed E-state index contributed by atoms with van der Waals surface area (Å²) in [5, 5.41) is 24.7. The molecular weight excluding hydrogens is 882 g/mol. The first-order valence-corrected chi connectivity index (χ1v) is 26.1. The third-order valence-corrected chi connectivity index (χ3v) is 15.8. The highest BCUT2D eigenvalue weighted by molar-refractivity contribution is 6.25. The number of hydrogen-bond donors (Lipinski definition) is 2. The van der Waals surface area contributed by atoms with Crippen molar-refractivity contribution in [2.45, 2.75) is 89.0 Å². The molecule has 71 heavy (non-hydrogen) atoms. The molecule has 2 N–H and O–H groups in total. The molecule has 8 heteroatoms. The fourth-order valence-electron chi connectivity index (χ4n) is 12.4. The summed E-state index contributed by atoms with van der Waals surface area (Å²) in [5.41, 5.74) is 7.44. The quantitative estimate of drug-likeness (QED) is 0.0699. The van der Waals surface area contributed by atoms with Crippen molar-refractivity contribution >= 4 is 65.6 Å². The number of nitrogens with zero attached hydrogens (tertiary/aromatic N) is 2. The number of benzene rings is 8. The Morgan fingerprint density at radius 2 is 1.13 bits per heavy atom. The highest BCUT2D eigenvalue weighted by Crippen LogP contribution is 2.57. The minimum absolute atomic E-state index is 0.0698. The van der Waals surface area contributed by atoms with E-state index in [0.717, 1.165) is 56.5 Å². The minimum atomic E-state index is -1.28. The fourth-order valence-corrected chi connectivity index (χ4v) is 12.4. The summed E-state index contributed by atoms with van der Waals surface area (Å²) in [5.74, 6) is -0.665. The van der Waals surface area contributed by atoms with Crippen LogP contribution < -0.4 is 20.4 Å². The second-order valence-electron chi connectivity index (χ2n) is 20.2. The number of rotatable bonds is 17. The average Bonchev–Trinajstić information content (AvgIpc) is 4.19. The van der Waals surface area contributed by atoms with E-state index in [1.165, 1.54) is 110 Å². The molecule has 2 heterocycles. The lowest BCUT2D eigenvalue weighted by Gasteiger charge is -2.30. The molecule has 0 unspecified atom stereocenters. The van der Waals surface area contributed by atoms with Crippen molar-refractivity contribution in [1.82, 2.24) is 9.88 Å². The number of halogens is 1. The van der Waals surface area contributed by atoms with E-state index in [4.69, 9.17) is 4.74 Å². The Labute approximate surface area is 413 Å². The van der Waals surface area contributed by atoms with Crippen LogP contribution in [0.15, 0.2) is 138 Å². The SMILES string of the molecule is O=C(O)c1c(Cc2ccc(OCCCCCCCCCCC3c4c(c5ccccc5c5ccccc45)-c4c3c3ccccc3c3ccccc43)cc2)n(C2CC2)c2cc(N3CCNCC3)c(F)cc2c1=O. The van der Waals surface area contributed by atoms with E-state index in [9.17, 15) is 14.7 Å². The summed E-state index contributed by atoms with van der Waals surface area (Å²) >= 11 is 0. The van der Waals surface area contributed by atoms with E-state index in [2.05, 4.69) is 102 Å². The number of carboxylic acids is 1. The van der Waals surface area contributed by atoms with E-state index < -0.39 is 17.2 Å². The first-order valence-electron chi connectivity index (χ1n) is 26.1. The van der Waals surface area contributed by atoms with Gasteiger partial charge < -0.3 is 24.6 Å². The largest absolute Gasteiger partial charge is 0.494 e. The molecule has 7 nitrogen and oxygen atoms in total. The van der Waals surface area contributed by atoms with Gasteiger partial charge in [0.1, 0.15) is 17.1 Å². The summed E-state index contributed by atoms with van der Waals surface area (Å²) < 4.78 is 23.7. The van der Waals surface area contributed by atoms with Gasteiger partial charge in [-0.2, -0.15) is 0 Å². The number of unbranched alkanes of at least 4 members (excludes halogenated alkanes) is 7. The summed E-state index contributed by atoms with van der Waals surface area (Å²) in [6.07, 6.45) is 12.6. The Kier molecular flexibility index (Phi) is 12.3. The van der Waals surface area contributed by atoms with Crippen LogP contribution in [0, 0.1) is 5.82 Å². The van der Waals surface area contributed by atoms with E-state index in [1.54, 1.807) is 6.07 Å². The predicted molar refractivity (Wildman–Crippen MR) is 289 cm³/mol. The zero-order chi connectivity index (χ0) is 48.0. The molecule has 1 saturated carbocycles. The van der Waals surface area contributed by atoms with Gasteiger partial charge in [-0.3, -0.25) is 4.79 Å². The maximum absolute atomic E-state index is 15.5. The maximum atomic E-state index is 15.5. The molecule has 8 aromatic carbocycles. The average molecular weight is 942 g/mol. The third kappa shape index (κ3) is 8.30. The molecule has 3 aliphatic rings. The van der Waals surface area contributed by atoms with Gasteiger partial charge in [-0.15, -0.1) is 0 Å². The third-order valence-electron chi connectivity index (χ3n) is 15.8. The van der Waals surface area contributed by atoms with E-state index in [1.807, 2.05) is 33.7 Å². The highest BCUT2D eigenvalue weighted by Gasteiger charge is 2.36. The molecule has 0 atom stereocenters. The lowest BCUT2D eigenvalue weighted by Crippen LogP contribution is -2.44. The van der Waals surface area contributed by atoms with Crippen molar-refractivity contribution in [2.75, 3.05) is 37.7 Å². The Hall–Kier alpha value is -7.03. The molecule has 0 spiro atoms. The van der Waals surface area contributed by atoms with Crippen molar-refractivity contribution in [3.8, 4) is 16.9 Å². The summed E-state index contributed by atoms with van der Waals surface area (Å²) in [6.45, 7) is 3.45. The number of aromatic carboxylic acids is 1. The molecule has 358 valence electrons. The zero-order valence-electron chi connectivity index (χ0n) is 40.3. The van der Waals surface area contributed by atoms with Crippen LogP contribution in [0.3, 0.4) is 0 Å². The number of anilines is 1. The fraction of sp³-hybridized carbons (Fsp3) is 0.302. The van der Waals surface area contributed by atoms with E-state index >= 15 is 4.39 Å². The molecular formula is C63H60FN3O4. The van der Waals surface area contributed by atoms with Crippen LogP contribution in [0.5, 0.6) is 5.75 Å². The molecule has 2 aliphatic carbocycles. The lowest BCUT2D eigenvalue weighted by atomic mass is 9.84. The first kappa shape index (κ1) is 45.1. The van der Waals surface area contributed by atoms with E-state index in [-0.39, 0.29) is 23.4 Å². The van der Waals surface area contributed by atoms with Crippen molar-refractivity contribution in [2.24, 2.45) is 0 Å². The molecule has 9 aromatic rings. The monoisotopic (exact) mass is 941 g/mol. The number of pyridine rings is 1. The Morgan fingerprint density at radius 1 is 0.620 bits per heavy atom. The summed E-state index contributed by atoms with van der Waals surface area (Å²) in [4.78, 5) is 28.5. The topological polar surface area (TPSA) is 83.8 Å².